The van der Waals surface area contributed by atoms with E-state index in [9.17, 15) is 4.79 Å². The molecule has 0 aliphatic heterocycles. The van der Waals surface area contributed by atoms with E-state index in [1.807, 2.05) is 0 Å². The first-order valence-corrected chi connectivity index (χ1v) is 5.47. The topological polar surface area (TPSA) is 26.3 Å². The third-order valence-electron chi connectivity index (χ3n) is 1.83. The zero-order chi connectivity index (χ0) is 11.2. The Morgan fingerprint density at radius 3 is 2.29 bits per heavy atom. The van der Waals surface area contributed by atoms with E-state index in [4.69, 9.17) is 4.74 Å². The fourth-order valence-corrected chi connectivity index (χ4v) is 1.02. The summed E-state index contributed by atoms with van der Waals surface area (Å²) >= 11 is 0. The van der Waals surface area contributed by atoms with E-state index in [1.54, 1.807) is 0 Å². The minimum Gasteiger partial charge on any atom is -0.465 e. The number of rotatable bonds is 5. The van der Waals surface area contributed by atoms with Gasteiger partial charge in [-0.1, -0.05) is 41.0 Å². The number of carbonyl (C=O) groups excluding carboxylic acids is 1. The Morgan fingerprint density at radius 1 is 1.29 bits per heavy atom. The van der Waals surface area contributed by atoms with Crippen molar-refractivity contribution in [3.63, 3.8) is 0 Å². The van der Waals surface area contributed by atoms with E-state index in [-0.39, 0.29) is 11.4 Å². The maximum atomic E-state index is 11.2. The van der Waals surface area contributed by atoms with Gasteiger partial charge in [-0.2, -0.15) is 0 Å². The molecule has 0 aromatic carbocycles. The molecule has 0 saturated heterocycles. The lowest BCUT2D eigenvalue weighted by Crippen LogP contribution is -2.18. The third kappa shape index (κ3) is 9.56. The molecule has 0 aromatic rings. The zero-order valence-electron chi connectivity index (χ0n) is 10.2. The second-order valence-electron chi connectivity index (χ2n) is 5.51. The van der Waals surface area contributed by atoms with Crippen LogP contribution in [0.3, 0.4) is 0 Å². The first kappa shape index (κ1) is 13.5. The van der Waals surface area contributed by atoms with Gasteiger partial charge in [-0.05, 0) is 17.8 Å². The molecule has 0 spiro atoms. The summed E-state index contributed by atoms with van der Waals surface area (Å²) in [4.78, 5) is 11.2. The van der Waals surface area contributed by atoms with Crippen LogP contribution in [-0.2, 0) is 9.53 Å². The average molecular weight is 200 g/mol. The number of carbonyl (C=O) groups is 1. The predicted octanol–water partition coefficient (Wildman–Crippen LogP) is 3.40. The van der Waals surface area contributed by atoms with E-state index in [1.165, 1.54) is 0 Å². The summed E-state index contributed by atoms with van der Waals surface area (Å²) in [5.41, 5.74) is 0.0771. The zero-order valence-corrected chi connectivity index (χ0v) is 10.2. The number of hydrogen-bond donors (Lipinski definition) is 0. The van der Waals surface area contributed by atoms with Gasteiger partial charge in [0.05, 0.1) is 6.61 Å². The van der Waals surface area contributed by atoms with Crippen molar-refractivity contribution < 1.29 is 9.53 Å². The van der Waals surface area contributed by atoms with Crippen molar-refractivity contribution in [1.29, 1.82) is 0 Å². The first-order valence-electron chi connectivity index (χ1n) is 5.47. The molecule has 2 heteroatoms. The van der Waals surface area contributed by atoms with E-state index in [0.717, 1.165) is 12.8 Å². The van der Waals surface area contributed by atoms with E-state index >= 15 is 0 Å². The second kappa shape index (κ2) is 6.05. The largest absolute Gasteiger partial charge is 0.465 e. The third-order valence-corrected chi connectivity index (χ3v) is 1.83. The molecule has 0 rings (SSSR count). The van der Waals surface area contributed by atoms with Gasteiger partial charge in [0, 0.05) is 6.42 Å². The van der Waals surface area contributed by atoms with Gasteiger partial charge in [-0.15, -0.1) is 0 Å². The molecule has 0 aliphatic rings. The summed E-state index contributed by atoms with van der Waals surface area (Å²) in [7, 11) is 0. The van der Waals surface area contributed by atoms with Gasteiger partial charge in [0.25, 0.3) is 0 Å². The summed E-state index contributed by atoms with van der Waals surface area (Å²) in [5, 5.41) is 0. The van der Waals surface area contributed by atoms with Crippen LogP contribution in [0.2, 0.25) is 0 Å². The van der Waals surface area contributed by atoms with Crippen molar-refractivity contribution in [3.05, 3.63) is 0 Å². The molecule has 0 fully saturated rings. The molecule has 0 heterocycles. The maximum Gasteiger partial charge on any atom is 0.305 e. The summed E-state index contributed by atoms with van der Waals surface area (Å²) in [6.45, 7) is 11.0. The quantitative estimate of drug-likeness (QED) is 0.636. The van der Waals surface area contributed by atoms with E-state index < -0.39 is 0 Å². The Morgan fingerprint density at radius 2 is 1.86 bits per heavy atom. The number of ether oxygens (including phenoxy) is 1. The van der Waals surface area contributed by atoms with E-state index in [0.29, 0.717) is 18.9 Å². The Labute approximate surface area is 88.0 Å². The van der Waals surface area contributed by atoms with Crippen molar-refractivity contribution in [1.82, 2.24) is 0 Å². The Hall–Kier alpha value is -0.530. The molecule has 0 unspecified atom stereocenters. The highest BCUT2D eigenvalue weighted by molar-refractivity contribution is 5.69. The molecule has 2 nitrogen and oxygen atoms in total. The number of hydrogen-bond acceptors (Lipinski definition) is 2. The van der Waals surface area contributed by atoms with Crippen LogP contribution < -0.4 is 0 Å². The minimum atomic E-state index is -0.0550. The number of esters is 1. The highest BCUT2D eigenvalue weighted by atomic mass is 16.5. The molecule has 14 heavy (non-hydrogen) atoms. The molecule has 0 atom stereocenters. The van der Waals surface area contributed by atoms with Crippen LogP contribution in [0, 0.1) is 11.3 Å². The van der Waals surface area contributed by atoms with Crippen molar-refractivity contribution >= 4 is 5.97 Å². The minimum absolute atomic E-state index is 0.0550. The van der Waals surface area contributed by atoms with Crippen LogP contribution in [0.1, 0.15) is 53.9 Å². The molecule has 0 saturated carbocycles. The summed E-state index contributed by atoms with van der Waals surface area (Å²) < 4.78 is 5.15. The lowest BCUT2D eigenvalue weighted by molar-refractivity contribution is -0.146. The average Bonchev–Trinajstić information content (AvgIpc) is 1.99. The first-order chi connectivity index (χ1) is 6.31. The molecule has 0 radical (unpaired) electrons. The van der Waals surface area contributed by atoms with Gasteiger partial charge in [0.1, 0.15) is 0 Å². The molecule has 0 amide bonds. The summed E-state index contributed by atoms with van der Waals surface area (Å²) in [6.07, 6.45) is 2.61. The fraction of sp³-hybridized carbons (Fsp3) is 0.917. The van der Waals surface area contributed by atoms with Gasteiger partial charge in [-0.25, -0.2) is 0 Å². The Bertz CT molecular complexity index is 166. The predicted molar refractivity (Wildman–Crippen MR) is 59.1 cm³/mol. The fourth-order valence-electron chi connectivity index (χ4n) is 1.02. The van der Waals surface area contributed by atoms with Crippen LogP contribution >= 0.6 is 0 Å². The standard InChI is InChI=1S/C12H24O2/c1-10(2)7-6-8-11(13)14-9-12(3,4)5/h10H,6-9H2,1-5H3. The molecular weight excluding hydrogens is 176 g/mol. The van der Waals surface area contributed by atoms with Crippen molar-refractivity contribution in [2.75, 3.05) is 6.61 Å². The molecule has 0 N–H and O–H groups in total. The Balaban J connectivity index is 3.47. The van der Waals surface area contributed by atoms with Gasteiger partial charge >= 0.3 is 5.97 Å². The van der Waals surface area contributed by atoms with Gasteiger partial charge in [-0.3, -0.25) is 4.79 Å². The second-order valence-corrected chi connectivity index (χ2v) is 5.51. The highest BCUT2D eigenvalue weighted by Crippen LogP contribution is 2.14. The van der Waals surface area contributed by atoms with Crippen LogP contribution in [0.4, 0.5) is 0 Å². The van der Waals surface area contributed by atoms with Gasteiger partial charge in [0.15, 0.2) is 0 Å². The van der Waals surface area contributed by atoms with Crippen LogP contribution in [0.25, 0.3) is 0 Å². The van der Waals surface area contributed by atoms with Crippen molar-refractivity contribution in [2.24, 2.45) is 11.3 Å². The summed E-state index contributed by atoms with van der Waals surface area (Å²) in [5.74, 6) is 0.617. The van der Waals surface area contributed by atoms with Crippen LogP contribution in [-0.4, -0.2) is 12.6 Å². The Kier molecular flexibility index (Phi) is 5.82. The smallest absolute Gasteiger partial charge is 0.305 e. The lowest BCUT2D eigenvalue weighted by Gasteiger charge is -2.17. The van der Waals surface area contributed by atoms with Crippen molar-refractivity contribution in [2.45, 2.75) is 53.9 Å². The normalized spacial score (nSPS) is 11.9. The SMILES string of the molecule is CC(C)CCCC(=O)OCC(C)(C)C. The van der Waals surface area contributed by atoms with Crippen LogP contribution in [0.5, 0.6) is 0 Å². The lowest BCUT2D eigenvalue weighted by atomic mass is 9.99. The molecule has 84 valence electrons. The van der Waals surface area contributed by atoms with Crippen molar-refractivity contribution in [3.8, 4) is 0 Å². The highest BCUT2D eigenvalue weighted by Gasteiger charge is 2.13. The van der Waals surface area contributed by atoms with E-state index in [2.05, 4.69) is 34.6 Å². The van der Waals surface area contributed by atoms with Gasteiger partial charge in [0.2, 0.25) is 0 Å². The van der Waals surface area contributed by atoms with Crippen LogP contribution in [0.15, 0.2) is 0 Å². The molecule has 0 aliphatic carbocycles. The molecule has 0 aromatic heterocycles. The van der Waals surface area contributed by atoms with Gasteiger partial charge < -0.3 is 4.74 Å². The summed E-state index contributed by atoms with van der Waals surface area (Å²) in [6, 6.07) is 0. The monoisotopic (exact) mass is 200 g/mol. The molecular formula is C12H24O2. The molecule has 0 bridgehead atoms. The maximum absolute atomic E-state index is 11.2.